The van der Waals surface area contributed by atoms with Gasteiger partial charge in [0.25, 0.3) is 0 Å². The first-order chi connectivity index (χ1) is 12.6. The third-order valence-corrected chi connectivity index (χ3v) is 4.62. The average molecular weight is 351 g/mol. The van der Waals surface area contributed by atoms with Gasteiger partial charge in [-0.2, -0.15) is 0 Å². The van der Waals surface area contributed by atoms with Crippen molar-refractivity contribution in [3.8, 4) is 11.5 Å². The van der Waals surface area contributed by atoms with Gasteiger partial charge in [0.2, 0.25) is 5.91 Å². The third-order valence-electron chi connectivity index (χ3n) is 4.62. The van der Waals surface area contributed by atoms with Crippen molar-refractivity contribution in [2.24, 2.45) is 0 Å². The Bertz CT molecular complexity index is 950. The third kappa shape index (κ3) is 3.10. The largest absolute Gasteiger partial charge is 0.486 e. The number of carbonyl (C=O) groups is 1. The molecule has 3 aromatic rings. The lowest BCUT2D eigenvalue weighted by atomic mass is 10.2. The Morgan fingerprint density at radius 3 is 2.85 bits per heavy atom. The van der Waals surface area contributed by atoms with E-state index in [0.717, 1.165) is 28.5 Å². The van der Waals surface area contributed by atoms with Crippen molar-refractivity contribution < 1.29 is 14.3 Å². The maximum absolute atomic E-state index is 12.7. The highest BCUT2D eigenvalue weighted by Crippen LogP contribution is 2.31. The fourth-order valence-electron chi connectivity index (χ4n) is 3.22. The Morgan fingerprint density at radius 1 is 1.23 bits per heavy atom. The van der Waals surface area contributed by atoms with Crippen LogP contribution >= 0.6 is 0 Å². The number of aryl methyl sites for hydroxylation is 1. The van der Waals surface area contributed by atoms with Crippen LogP contribution < -0.4 is 9.47 Å². The first kappa shape index (κ1) is 16.4. The number of hydrogen-bond acceptors (Lipinski definition) is 4. The maximum Gasteiger partial charge on any atom is 0.228 e. The molecule has 0 bridgehead atoms. The lowest BCUT2D eigenvalue weighted by Crippen LogP contribution is -2.42. The summed E-state index contributed by atoms with van der Waals surface area (Å²) in [5.41, 5.74) is 2.66. The van der Waals surface area contributed by atoms with Gasteiger partial charge in [-0.3, -0.25) is 4.79 Å². The Kier molecular flexibility index (Phi) is 4.24. The van der Waals surface area contributed by atoms with Gasteiger partial charge in [0.05, 0.1) is 24.4 Å². The molecule has 2 aromatic heterocycles. The molecule has 3 heterocycles. The molecule has 1 aromatic carbocycles. The minimum Gasteiger partial charge on any atom is -0.486 e. The van der Waals surface area contributed by atoms with E-state index < -0.39 is 0 Å². The number of nitrogens with zero attached hydrogens (tertiary/aromatic N) is 3. The van der Waals surface area contributed by atoms with Crippen molar-refractivity contribution >= 4 is 11.6 Å². The zero-order valence-corrected chi connectivity index (χ0v) is 14.9. The predicted octanol–water partition coefficient (Wildman–Crippen LogP) is 2.48. The maximum atomic E-state index is 12.7. The molecule has 0 saturated carbocycles. The molecule has 0 unspecified atom stereocenters. The van der Waals surface area contributed by atoms with Crippen molar-refractivity contribution in [2.45, 2.75) is 19.4 Å². The SMILES string of the molecule is Cc1nc2ccccn2c1CC(=O)N(C)C[C@@H]1COc2ccccc2O1. The first-order valence-electron chi connectivity index (χ1n) is 8.67. The molecule has 1 aliphatic heterocycles. The number of ether oxygens (including phenoxy) is 2. The summed E-state index contributed by atoms with van der Waals surface area (Å²) in [6.45, 7) is 2.84. The van der Waals surface area contributed by atoms with Crippen LogP contribution in [0.2, 0.25) is 0 Å². The first-order valence-corrected chi connectivity index (χ1v) is 8.67. The Labute approximate surface area is 152 Å². The van der Waals surface area contributed by atoms with Crippen LogP contribution in [0.4, 0.5) is 0 Å². The van der Waals surface area contributed by atoms with Crippen molar-refractivity contribution in [1.29, 1.82) is 0 Å². The molecule has 6 nitrogen and oxygen atoms in total. The van der Waals surface area contributed by atoms with Gasteiger partial charge in [0.15, 0.2) is 17.6 Å². The number of benzene rings is 1. The van der Waals surface area contributed by atoms with Gasteiger partial charge in [0, 0.05) is 13.2 Å². The van der Waals surface area contributed by atoms with Crippen LogP contribution in [-0.2, 0) is 11.2 Å². The summed E-state index contributed by atoms with van der Waals surface area (Å²) in [4.78, 5) is 18.9. The molecule has 1 atom stereocenters. The number of para-hydroxylation sites is 2. The highest BCUT2D eigenvalue weighted by molar-refractivity contribution is 5.78. The topological polar surface area (TPSA) is 56.1 Å². The molecule has 0 N–H and O–H groups in total. The van der Waals surface area contributed by atoms with Crippen LogP contribution in [0.25, 0.3) is 5.65 Å². The van der Waals surface area contributed by atoms with E-state index in [1.54, 1.807) is 11.9 Å². The Morgan fingerprint density at radius 2 is 2.00 bits per heavy atom. The lowest BCUT2D eigenvalue weighted by molar-refractivity contribution is -0.130. The van der Waals surface area contributed by atoms with Crippen molar-refractivity contribution in [2.75, 3.05) is 20.2 Å². The van der Waals surface area contributed by atoms with Crippen molar-refractivity contribution in [1.82, 2.24) is 14.3 Å². The van der Waals surface area contributed by atoms with E-state index >= 15 is 0 Å². The van der Waals surface area contributed by atoms with Crippen LogP contribution in [0.5, 0.6) is 11.5 Å². The normalized spacial score (nSPS) is 15.8. The fourth-order valence-corrected chi connectivity index (χ4v) is 3.22. The van der Waals surface area contributed by atoms with Crippen LogP contribution in [0.1, 0.15) is 11.4 Å². The second-order valence-corrected chi connectivity index (χ2v) is 6.52. The van der Waals surface area contributed by atoms with Crippen LogP contribution in [-0.4, -0.2) is 46.5 Å². The summed E-state index contributed by atoms with van der Waals surface area (Å²) in [5.74, 6) is 1.50. The van der Waals surface area contributed by atoms with Crippen LogP contribution in [0.15, 0.2) is 48.7 Å². The van der Waals surface area contributed by atoms with Crippen molar-refractivity contribution in [3.63, 3.8) is 0 Å². The summed E-state index contributed by atoms with van der Waals surface area (Å²) in [7, 11) is 1.80. The molecule has 134 valence electrons. The Hall–Kier alpha value is -3.02. The second-order valence-electron chi connectivity index (χ2n) is 6.52. The molecule has 26 heavy (non-hydrogen) atoms. The minimum absolute atomic E-state index is 0.0289. The summed E-state index contributed by atoms with van der Waals surface area (Å²) in [6.07, 6.45) is 2.06. The highest BCUT2D eigenvalue weighted by Gasteiger charge is 2.24. The lowest BCUT2D eigenvalue weighted by Gasteiger charge is -2.29. The average Bonchev–Trinajstić information content (AvgIpc) is 2.97. The van der Waals surface area contributed by atoms with E-state index in [1.165, 1.54) is 0 Å². The predicted molar refractivity (Wildman–Crippen MR) is 97.6 cm³/mol. The molecular formula is C20H21N3O3. The zero-order valence-electron chi connectivity index (χ0n) is 14.9. The molecule has 0 radical (unpaired) electrons. The summed E-state index contributed by atoms with van der Waals surface area (Å²) >= 11 is 0. The van der Waals surface area contributed by atoms with Gasteiger partial charge in [-0.1, -0.05) is 18.2 Å². The molecule has 1 aliphatic rings. The molecular weight excluding hydrogens is 330 g/mol. The summed E-state index contributed by atoms with van der Waals surface area (Å²) in [6, 6.07) is 13.4. The van der Waals surface area contributed by atoms with Gasteiger partial charge in [-0.25, -0.2) is 4.98 Å². The monoisotopic (exact) mass is 351 g/mol. The van der Waals surface area contributed by atoms with E-state index in [1.807, 2.05) is 60.0 Å². The number of fused-ring (bicyclic) bond motifs is 2. The van der Waals surface area contributed by atoms with E-state index in [4.69, 9.17) is 9.47 Å². The minimum atomic E-state index is -0.179. The Balaban J connectivity index is 1.43. The molecule has 0 spiro atoms. The van der Waals surface area contributed by atoms with E-state index in [0.29, 0.717) is 19.6 Å². The standard InChI is InChI=1S/C20H21N3O3/c1-14-16(23-10-6-5-9-19(23)21-14)11-20(24)22(2)12-15-13-25-17-7-3-4-8-18(17)26-15/h3-10,15H,11-13H2,1-2H3/t15-/m1/s1. The van der Waals surface area contributed by atoms with Gasteiger partial charge in [-0.05, 0) is 31.2 Å². The number of amides is 1. The van der Waals surface area contributed by atoms with Crippen LogP contribution in [0.3, 0.4) is 0 Å². The highest BCUT2D eigenvalue weighted by atomic mass is 16.6. The quantitative estimate of drug-likeness (QED) is 0.725. The smallest absolute Gasteiger partial charge is 0.228 e. The molecule has 1 amide bonds. The van der Waals surface area contributed by atoms with Gasteiger partial charge < -0.3 is 18.8 Å². The number of aromatic nitrogens is 2. The zero-order chi connectivity index (χ0) is 18.1. The number of carbonyl (C=O) groups excluding carboxylic acids is 1. The molecule has 0 saturated heterocycles. The number of likely N-dealkylation sites (N-methyl/N-ethyl adjacent to an activating group) is 1. The molecule has 4 rings (SSSR count). The van der Waals surface area contributed by atoms with Crippen LogP contribution in [0, 0.1) is 6.92 Å². The van der Waals surface area contributed by atoms with E-state index in [-0.39, 0.29) is 12.0 Å². The van der Waals surface area contributed by atoms with Gasteiger partial charge >= 0.3 is 0 Å². The fraction of sp³-hybridized carbons (Fsp3) is 0.300. The van der Waals surface area contributed by atoms with Gasteiger partial charge in [0.1, 0.15) is 12.3 Å². The number of hydrogen-bond donors (Lipinski definition) is 0. The van der Waals surface area contributed by atoms with E-state index in [2.05, 4.69) is 4.98 Å². The summed E-state index contributed by atoms with van der Waals surface area (Å²) in [5, 5.41) is 0. The number of imidazole rings is 1. The molecule has 0 fully saturated rings. The number of pyridine rings is 1. The van der Waals surface area contributed by atoms with Gasteiger partial charge in [-0.15, -0.1) is 0 Å². The second kappa shape index (κ2) is 6.71. The molecule has 6 heteroatoms. The summed E-state index contributed by atoms with van der Waals surface area (Å²) < 4.78 is 13.6. The van der Waals surface area contributed by atoms with E-state index in [9.17, 15) is 4.79 Å². The molecule has 0 aliphatic carbocycles. The number of rotatable bonds is 4. The van der Waals surface area contributed by atoms with Crippen molar-refractivity contribution in [3.05, 3.63) is 60.0 Å².